The first-order valence-electron chi connectivity index (χ1n) is 23.5. The van der Waals surface area contributed by atoms with E-state index in [0.29, 0.717) is 0 Å². The van der Waals surface area contributed by atoms with E-state index in [1.807, 2.05) is 0 Å². The standard InChI is InChI=1S/C32H39N3O.C23H29N3O/c1-4-24-9-8-10-26(21-24)22-35-19-17-25(18-20-35)13-16-31-29-15-14-28(27-11-6-5-7-12-27)30(23-34(2)3)32(29)36-33-31;1-26(2)16-21-19(18-6-4-3-5-7-18)9-10-20-22(25-27-23(20)21)11-8-17-12-14-24-15-13-17/h5-12,14-15,21,25H,4,13,16-20,22-23H2,1-3H3;3-7,9-10,17,24H,8,11-16H2,1-2H3. The summed E-state index contributed by atoms with van der Waals surface area (Å²) in [6.45, 7) is 9.65. The lowest BCUT2D eigenvalue weighted by molar-refractivity contribution is 0.172. The molecule has 7 aromatic rings. The van der Waals surface area contributed by atoms with E-state index in [-0.39, 0.29) is 0 Å². The molecule has 63 heavy (non-hydrogen) atoms. The van der Waals surface area contributed by atoms with Crippen molar-refractivity contribution < 1.29 is 9.05 Å². The van der Waals surface area contributed by atoms with Gasteiger partial charge in [-0.3, -0.25) is 4.90 Å². The molecule has 0 spiro atoms. The summed E-state index contributed by atoms with van der Waals surface area (Å²) in [7, 11) is 8.42. The number of hydrogen-bond donors (Lipinski definition) is 1. The smallest absolute Gasteiger partial charge is 0.172 e. The maximum Gasteiger partial charge on any atom is 0.172 e. The molecule has 2 aliphatic heterocycles. The molecule has 2 aromatic heterocycles. The molecule has 9 rings (SSSR count). The SMILES string of the molecule is CCc1cccc(CN2CCC(CCc3noc4c(CN(C)C)c(-c5ccccc5)ccc34)CC2)c1.CN(C)Cc1c(-c2ccccc2)ccc2c(CCC3CCNCC3)noc12. The number of likely N-dealkylation sites (tertiary alicyclic amines) is 1. The molecule has 8 heteroatoms. The quantitative estimate of drug-likeness (QED) is 0.109. The average molecular weight is 845 g/mol. The van der Waals surface area contributed by atoms with Gasteiger partial charge in [-0.05, 0) is 170 Å². The van der Waals surface area contributed by atoms with Gasteiger partial charge in [-0.1, -0.05) is 114 Å². The second-order valence-electron chi connectivity index (χ2n) is 18.6. The van der Waals surface area contributed by atoms with Crippen LogP contribution >= 0.6 is 0 Å². The van der Waals surface area contributed by atoms with Gasteiger partial charge in [0.15, 0.2) is 11.2 Å². The minimum absolute atomic E-state index is 0.764. The van der Waals surface area contributed by atoms with Gasteiger partial charge in [0.1, 0.15) is 0 Å². The Hall–Kier alpha value is -5.12. The van der Waals surface area contributed by atoms with E-state index in [0.717, 1.165) is 86.4 Å². The Morgan fingerprint density at radius 3 is 1.57 bits per heavy atom. The van der Waals surface area contributed by atoms with Crippen molar-refractivity contribution in [3.63, 3.8) is 0 Å². The molecule has 0 bridgehead atoms. The molecule has 330 valence electrons. The normalized spacial score (nSPS) is 15.4. The van der Waals surface area contributed by atoms with Crippen LogP contribution in [0.4, 0.5) is 0 Å². The number of nitrogens with zero attached hydrogens (tertiary/aromatic N) is 5. The monoisotopic (exact) mass is 845 g/mol. The lowest BCUT2D eigenvalue weighted by Crippen LogP contribution is -2.33. The Balaban J connectivity index is 0.000000180. The summed E-state index contributed by atoms with van der Waals surface area (Å²) in [5.41, 5.74) is 14.4. The minimum Gasteiger partial charge on any atom is -0.356 e. The molecule has 2 fully saturated rings. The van der Waals surface area contributed by atoms with Gasteiger partial charge in [-0.25, -0.2) is 0 Å². The van der Waals surface area contributed by atoms with Crippen LogP contribution in [0.3, 0.4) is 0 Å². The highest BCUT2D eigenvalue weighted by Gasteiger charge is 2.23. The van der Waals surface area contributed by atoms with Gasteiger partial charge in [-0.15, -0.1) is 0 Å². The van der Waals surface area contributed by atoms with Crippen LogP contribution in [-0.2, 0) is 38.9 Å². The summed E-state index contributed by atoms with van der Waals surface area (Å²) in [6, 6.07) is 39.1. The Labute approximate surface area is 375 Å². The third-order valence-electron chi connectivity index (χ3n) is 13.3. The van der Waals surface area contributed by atoms with E-state index in [4.69, 9.17) is 9.05 Å². The van der Waals surface area contributed by atoms with E-state index in [1.54, 1.807) is 0 Å². The Morgan fingerprint density at radius 2 is 1.08 bits per heavy atom. The molecule has 2 saturated heterocycles. The van der Waals surface area contributed by atoms with Crippen LogP contribution in [0.25, 0.3) is 44.2 Å². The molecule has 1 N–H and O–H groups in total. The van der Waals surface area contributed by atoms with Crippen LogP contribution < -0.4 is 5.32 Å². The lowest BCUT2D eigenvalue weighted by atomic mass is 9.90. The third-order valence-corrected chi connectivity index (χ3v) is 13.3. The Bertz CT molecular complexity index is 2490. The molecular formula is C55H68N6O2. The molecule has 0 atom stereocenters. The molecule has 0 amide bonds. The predicted octanol–water partition coefficient (Wildman–Crippen LogP) is 11.5. The van der Waals surface area contributed by atoms with Crippen LogP contribution in [0, 0.1) is 11.8 Å². The summed E-state index contributed by atoms with van der Waals surface area (Å²) in [4.78, 5) is 7.02. The van der Waals surface area contributed by atoms with E-state index >= 15 is 0 Å². The van der Waals surface area contributed by atoms with Crippen molar-refractivity contribution in [3.8, 4) is 22.3 Å². The zero-order chi connectivity index (χ0) is 43.5. The largest absolute Gasteiger partial charge is 0.356 e. The molecular weight excluding hydrogens is 777 g/mol. The predicted molar refractivity (Wildman–Crippen MR) is 260 cm³/mol. The van der Waals surface area contributed by atoms with Gasteiger partial charge < -0.3 is 24.2 Å². The fraction of sp³-hybridized carbons (Fsp3) is 0.418. The molecule has 8 nitrogen and oxygen atoms in total. The number of piperidine rings is 2. The number of benzene rings is 5. The molecule has 4 heterocycles. The number of fused-ring (bicyclic) bond motifs is 2. The van der Waals surface area contributed by atoms with Crippen LogP contribution in [0.2, 0.25) is 0 Å². The van der Waals surface area contributed by atoms with Crippen molar-refractivity contribution in [2.75, 3.05) is 54.4 Å². The van der Waals surface area contributed by atoms with E-state index < -0.39 is 0 Å². The van der Waals surface area contributed by atoms with E-state index in [2.05, 4.69) is 175 Å². The first kappa shape index (κ1) is 44.5. The summed E-state index contributed by atoms with van der Waals surface area (Å²) in [5, 5.41) is 14.8. The minimum atomic E-state index is 0.764. The van der Waals surface area contributed by atoms with Crippen molar-refractivity contribution in [1.82, 2.24) is 30.3 Å². The zero-order valence-corrected chi connectivity index (χ0v) is 38.4. The first-order chi connectivity index (χ1) is 30.8. The molecule has 0 saturated carbocycles. The lowest BCUT2D eigenvalue weighted by Gasteiger charge is -2.32. The highest BCUT2D eigenvalue weighted by Crippen LogP contribution is 2.36. The first-order valence-corrected chi connectivity index (χ1v) is 23.5. The Morgan fingerprint density at radius 1 is 0.587 bits per heavy atom. The molecule has 0 radical (unpaired) electrons. The van der Waals surface area contributed by atoms with Crippen molar-refractivity contribution in [2.24, 2.45) is 11.8 Å². The van der Waals surface area contributed by atoms with Crippen LogP contribution in [0.5, 0.6) is 0 Å². The highest BCUT2D eigenvalue weighted by atomic mass is 16.5. The third kappa shape index (κ3) is 11.3. The summed E-state index contributed by atoms with van der Waals surface area (Å²) in [5.74, 6) is 1.57. The summed E-state index contributed by atoms with van der Waals surface area (Å²) < 4.78 is 11.9. The van der Waals surface area contributed by atoms with E-state index in [1.165, 1.54) is 107 Å². The van der Waals surface area contributed by atoms with E-state index in [9.17, 15) is 0 Å². The highest BCUT2D eigenvalue weighted by molar-refractivity contribution is 5.90. The zero-order valence-electron chi connectivity index (χ0n) is 38.4. The number of aryl methyl sites for hydroxylation is 3. The molecule has 0 aliphatic carbocycles. The average Bonchev–Trinajstić information content (AvgIpc) is 3.94. The van der Waals surface area contributed by atoms with Crippen LogP contribution in [0.15, 0.2) is 118 Å². The van der Waals surface area contributed by atoms with Crippen LogP contribution in [-0.4, -0.2) is 79.4 Å². The maximum atomic E-state index is 6.00. The molecule has 5 aromatic carbocycles. The van der Waals surface area contributed by atoms with Crippen molar-refractivity contribution >= 4 is 21.9 Å². The maximum absolute atomic E-state index is 6.00. The molecule has 0 unspecified atom stereocenters. The summed E-state index contributed by atoms with van der Waals surface area (Å²) >= 11 is 0. The van der Waals surface area contributed by atoms with Crippen LogP contribution in [0.1, 0.15) is 79.1 Å². The van der Waals surface area contributed by atoms with Gasteiger partial charge >= 0.3 is 0 Å². The van der Waals surface area contributed by atoms with Gasteiger partial charge in [0.25, 0.3) is 0 Å². The van der Waals surface area contributed by atoms with Gasteiger partial charge in [0.05, 0.1) is 11.4 Å². The van der Waals surface area contributed by atoms with Gasteiger partial charge in [-0.2, -0.15) is 0 Å². The van der Waals surface area contributed by atoms with Crippen molar-refractivity contribution in [2.45, 2.75) is 84.3 Å². The second-order valence-corrected chi connectivity index (χ2v) is 18.6. The fourth-order valence-electron chi connectivity index (χ4n) is 9.79. The van der Waals surface area contributed by atoms with Gasteiger partial charge in [0.2, 0.25) is 0 Å². The number of nitrogens with one attached hydrogen (secondary N) is 1. The topological polar surface area (TPSA) is 73.8 Å². The molecule has 2 aliphatic rings. The Kier molecular flexibility index (Phi) is 15.2. The summed E-state index contributed by atoms with van der Waals surface area (Å²) in [6.07, 6.45) is 10.6. The van der Waals surface area contributed by atoms with Crippen molar-refractivity contribution in [1.29, 1.82) is 0 Å². The van der Waals surface area contributed by atoms with Crippen molar-refractivity contribution in [3.05, 3.63) is 143 Å². The fourth-order valence-corrected chi connectivity index (χ4v) is 9.79. The second kappa shape index (κ2) is 21.5. The number of rotatable bonds is 15. The number of aromatic nitrogens is 2. The van der Waals surface area contributed by atoms with Gasteiger partial charge in [0, 0.05) is 41.5 Å². The number of hydrogen-bond acceptors (Lipinski definition) is 8.